The molecule has 1 aliphatic carbocycles. The number of benzene rings is 1. The molecule has 2 aromatic rings. The summed E-state index contributed by atoms with van der Waals surface area (Å²) >= 11 is 0. The van der Waals surface area contributed by atoms with Crippen LogP contribution in [0.15, 0.2) is 24.3 Å². The lowest BCUT2D eigenvalue weighted by atomic mass is 10.1. The molecule has 3 rings (SSSR count). The maximum Gasteiger partial charge on any atom is 0.0591 e. The number of fused-ring (bicyclic) bond motifs is 1. The topological polar surface area (TPSA) is 26.2 Å². The van der Waals surface area contributed by atoms with Crippen molar-refractivity contribution in [1.29, 1.82) is 0 Å². The van der Waals surface area contributed by atoms with Crippen LogP contribution in [0.4, 0.5) is 0 Å². The van der Waals surface area contributed by atoms with Crippen molar-refractivity contribution < 1.29 is 4.74 Å². The largest absolute Gasteiger partial charge is 0.380 e. The molecule has 1 fully saturated rings. The second kappa shape index (κ2) is 5.98. The van der Waals surface area contributed by atoms with Crippen LogP contribution in [-0.2, 0) is 18.3 Å². The van der Waals surface area contributed by atoms with Crippen molar-refractivity contribution in [3.63, 3.8) is 0 Å². The van der Waals surface area contributed by atoms with Crippen LogP contribution in [0.5, 0.6) is 0 Å². The Morgan fingerprint density at radius 2 is 2.10 bits per heavy atom. The van der Waals surface area contributed by atoms with E-state index in [9.17, 15) is 0 Å². The molecule has 1 heterocycles. The van der Waals surface area contributed by atoms with Crippen molar-refractivity contribution in [3.8, 4) is 0 Å². The van der Waals surface area contributed by atoms with Crippen molar-refractivity contribution in [3.05, 3.63) is 35.5 Å². The maximum absolute atomic E-state index is 5.65. The van der Waals surface area contributed by atoms with Gasteiger partial charge in [-0.1, -0.05) is 18.2 Å². The molecule has 1 N–H and O–H groups in total. The highest BCUT2D eigenvalue weighted by Gasteiger charge is 2.20. The Morgan fingerprint density at radius 1 is 1.30 bits per heavy atom. The summed E-state index contributed by atoms with van der Waals surface area (Å²) in [5.74, 6) is 0.857. The molecule has 3 heteroatoms. The number of ether oxygens (including phenoxy) is 1. The SMILES string of the molecule is Cc1c(CNCCOCC2CC2)n(C)c2ccccc12. The molecule has 108 valence electrons. The molecule has 0 saturated heterocycles. The normalized spacial score (nSPS) is 15.1. The molecule has 0 radical (unpaired) electrons. The second-order valence-electron chi connectivity index (χ2n) is 5.84. The Hall–Kier alpha value is -1.32. The number of aromatic nitrogens is 1. The van der Waals surface area contributed by atoms with Gasteiger partial charge in [0.2, 0.25) is 0 Å². The average Bonchev–Trinajstić information content (AvgIpc) is 3.26. The molecule has 3 nitrogen and oxygen atoms in total. The van der Waals surface area contributed by atoms with E-state index in [0.717, 1.165) is 32.2 Å². The first-order chi connectivity index (χ1) is 9.77. The number of nitrogens with zero attached hydrogens (tertiary/aromatic N) is 1. The van der Waals surface area contributed by atoms with Crippen LogP contribution in [0.3, 0.4) is 0 Å². The zero-order chi connectivity index (χ0) is 13.9. The van der Waals surface area contributed by atoms with Crippen molar-refractivity contribution in [2.75, 3.05) is 19.8 Å². The van der Waals surface area contributed by atoms with E-state index in [1.807, 2.05) is 0 Å². The van der Waals surface area contributed by atoms with Crippen molar-refractivity contribution >= 4 is 10.9 Å². The molecule has 0 amide bonds. The molecule has 1 aromatic heterocycles. The first-order valence-electron chi connectivity index (χ1n) is 7.58. The summed E-state index contributed by atoms with van der Waals surface area (Å²) in [6, 6.07) is 8.60. The quantitative estimate of drug-likeness (QED) is 0.784. The standard InChI is InChI=1S/C17H24N2O/c1-13-15-5-3-4-6-16(15)19(2)17(13)11-18-9-10-20-12-14-7-8-14/h3-6,14,18H,7-12H2,1-2H3. The lowest BCUT2D eigenvalue weighted by Crippen LogP contribution is -2.21. The van der Waals surface area contributed by atoms with Gasteiger partial charge in [0, 0.05) is 43.3 Å². The van der Waals surface area contributed by atoms with Crippen molar-refractivity contribution in [2.24, 2.45) is 13.0 Å². The Balaban J connectivity index is 1.54. The minimum Gasteiger partial charge on any atom is -0.380 e. The monoisotopic (exact) mass is 272 g/mol. The smallest absolute Gasteiger partial charge is 0.0591 e. The molecule has 0 aliphatic heterocycles. The molecule has 1 aliphatic rings. The third-order valence-corrected chi connectivity index (χ3v) is 4.27. The lowest BCUT2D eigenvalue weighted by Gasteiger charge is -2.08. The predicted molar refractivity (Wildman–Crippen MR) is 82.9 cm³/mol. The van der Waals surface area contributed by atoms with E-state index >= 15 is 0 Å². The molecule has 1 aromatic carbocycles. The molecule has 0 bridgehead atoms. The first-order valence-corrected chi connectivity index (χ1v) is 7.58. The van der Waals surface area contributed by atoms with Gasteiger partial charge >= 0.3 is 0 Å². The van der Waals surface area contributed by atoms with E-state index in [1.165, 1.54) is 35.0 Å². The number of rotatable bonds is 7. The Morgan fingerprint density at radius 3 is 2.85 bits per heavy atom. The van der Waals surface area contributed by atoms with Gasteiger partial charge in [-0.2, -0.15) is 0 Å². The van der Waals surface area contributed by atoms with Crippen LogP contribution in [0.25, 0.3) is 10.9 Å². The fourth-order valence-electron chi connectivity index (χ4n) is 2.77. The van der Waals surface area contributed by atoms with Gasteiger partial charge in [0.25, 0.3) is 0 Å². The maximum atomic E-state index is 5.65. The van der Waals surface area contributed by atoms with Gasteiger partial charge in [-0.05, 0) is 37.3 Å². The van der Waals surface area contributed by atoms with E-state index in [-0.39, 0.29) is 0 Å². The zero-order valence-corrected chi connectivity index (χ0v) is 12.5. The van der Waals surface area contributed by atoms with Crippen molar-refractivity contribution in [1.82, 2.24) is 9.88 Å². The van der Waals surface area contributed by atoms with Gasteiger partial charge in [-0.3, -0.25) is 0 Å². The van der Waals surface area contributed by atoms with E-state index in [4.69, 9.17) is 4.74 Å². The van der Waals surface area contributed by atoms with Gasteiger partial charge in [0.05, 0.1) is 6.61 Å². The Bertz CT molecular complexity index is 545. The fourth-order valence-corrected chi connectivity index (χ4v) is 2.77. The van der Waals surface area contributed by atoms with Crippen LogP contribution < -0.4 is 5.32 Å². The van der Waals surface area contributed by atoms with E-state index in [1.54, 1.807) is 0 Å². The molecule has 0 atom stereocenters. The number of para-hydroxylation sites is 1. The third kappa shape index (κ3) is 2.89. The van der Waals surface area contributed by atoms with E-state index in [2.05, 4.69) is 48.1 Å². The number of nitrogens with one attached hydrogen (secondary N) is 1. The highest BCUT2D eigenvalue weighted by molar-refractivity contribution is 5.85. The number of aryl methyl sites for hydroxylation is 2. The van der Waals surface area contributed by atoms with Crippen molar-refractivity contribution in [2.45, 2.75) is 26.3 Å². The third-order valence-electron chi connectivity index (χ3n) is 4.27. The Labute approximate surface area is 120 Å². The summed E-state index contributed by atoms with van der Waals surface area (Å²) in [6.07, 6.45) is 2.73. The molecule has 20 heavy (non-hydrogen) atoms. The summed E-state index contributed by atoms with van der Waals surface area (Å²) in [6.45, 7) is 5.81. The van der Waals surface area contributed by atoms with Crippen LogP contribution in [0.1, 0.15) is 24.1 Å². The van der Waals surface area contributed by atoms with Crippen LogP contribution >= 0.6 is 0 Å². The van der Waals surface area contributed by atoms with Crippen LogP contribution in [-0.4, -0.2) is 24.3 Å². The van der Waals surface area contributed by atoms with Gasteiger partial charge in [-0.15, -0.1) is 0 Å². The summed E-state index contributed by atoms with van der Waals surface area (Å²) < 4.78 is 7.94. The zero-order valence-electron chi connectivity index (χ0n) is 12.5. The molecule has 1 saturated carbocycles. The predicted octanol–water partition coefficient (Wildman–Crippen LogP) is 3.00. The summed E-state index contributed by atoms with van der Waals surface area (Å²) in [4.78, 5) is 0. The summed E-state index contributed by atoms with van der Waals surface area (Å²) in [5, 5.41) is 4.85. The van der Waals surface area contributed by atoms with E-state index in [0.29, 0.717) is 0 Å². The number of hydrogen-bond acceptors (Lipinski definition) is 2. The highest BCUT2D eigenvalue weighted by Crippen LogP contribution is 2.28. The van der Waals surface area contributed by atoms with Gasteiger partial charge in [0.15, 0.2) is 0 Å². The Kier molecular flexibility index (Phi) is 4.08. The van der Waals surface area contributed by atoms with Gasteiger partial charge in [-0.25, -0.2) is 0 Å². The second-order valence-corrected chi connectivity index (χ2v) is 5.84. The summed E-state index contributed by atoms with van der Waals surface area (Å²) in [5.41, 5.74) is 4.06. The van der Waals surface area contributed by atoms with Crippen LogP contribution in [0, 0.1) is 12.8 Å². The van der Waals surface area contributed by atoms with Crippen LogP contribution in [0.2, 0.25) is 0 Å². The molecule has 0 spiro atoms. The molecular formula is C17H24N2O. The van der Waals surface area contributed by atoms with Gasteiger partial charge < -0.3 is 14.6 Å². The molecular weight excluding hydrogens is 248 g/mol. The fraction of sp³-hybridized carbons (Fsp3) is 0.529. The molecule has 0 unspecified atom stereocenters. The minimum atomic E-state index is 0.819. The highest BCUT2D eigenvalue weighted by atomic mass is 16.5. The van der Waals surface area contributed by atoms with Gasteiger partial charge in [0.1, 0.15) is 0 Å². The number of hydrogen-bond donors (Lipinski definition) is 1. The minimum absolute atomic E-state index is 0.819. The average molecular weight is 272 g/mol. The first kappa shape index (κ1) is 13.7. The van der Waals surface area contributed by atoms with E-state index < -0.39 is 0 Å². The lowest BCUT2D eigenvalue weighted by molar-refractivity contribution is 0.126. The summed E-state index contributed by atoms with van der Waals surface area (Å²) in [7, 11) is 2.15.